The van der Waals surface area contributed by atoms with Crippen molar-refractivity contribution in [2.75, 3.05) is 5.32 Å². The summed E-state index contributed by atoms with van der Waals surface area (Å²) in [5.41, 5.74) is 0.504. The Kier molecular flexibility index (Phi) is 3.51. The van der Waals surface area contributed by atoms with Crippen LogP contribution in [0.25, 0.3) is 0 Å². The zero-order valence-electron chi connectivity index (χ0n) is 11.3. The van der Waals surface area contributed by atoms with Crippen LogP contribution >= 0.6 is 0 Å². The fraction of sp³-hybridized carbons (Fsp3) is 0.267. The molecule has 3 rings (SSSR count). The Hall–Kier alpha value is -2.50. The third-order valence-corrected chi connectivity index (χ3v) is 3.76. The van der Waals surface area contributed by atoms with Crippen molar-refractivity contribution < 1.29 is 9.18 Å². The van der Waals surface area contributed by atoms with E-state index in [9.17, 15) is 9.18 Å². The van der Waals surface area contributed by atoms with E-state index in [0.717, 1.165) is 24.8 Å². The molecule has 6 heteroatoms. The molecule has 0 bridgehead atoms. The fourth-order valence-corrected chi connectivity index (χ4v) is 2.51. The molecule has 1 fully saturated rings. The summed E-state index contributed by atoms with van der Waals surface area (Å²) in [6, 6.07) is 5.93. The van der Waals surface area contributed by atoms with E-state index < -0.39 is 5.54 Å². The molecule has 21 heavy (non-hydrogen) atoms. The Morgan fingerprint density at radius 2 is 1.95 bits per heavy atom. The number of urea groups is 1. The molecule has 1 heterocycles. The van der Waals surface area contributed by atoms with Crippen LogP contribution in [-0.4, -0.2) is 16.0 Å². The summed E-state index contributed by atoms with van der Waals surface area (Å²) in [4.78, 5) is 20.0. The van der Waals surface area contributed by atoms with E-state index in [1.54, 1.807) is 12.1 Å². The predicted molar refractivity (Wildman–Crippen MR) is 76.1 cm³/mol. The third-order valence-electron chi connectivity index (χ3n) is 3.76. The number of carbonyl (C=O) groups is 1. The zero-order chi connectivity index (χ0) is 14.7. The van der Waals surface area contributed by atoms with Crippen LogP contribution in [0.3, 0.4) is 0 Å². The van der Waals surface area contributed by atoms with Crippen molar-refractivity contribution >= 4 is 11.8 Å². The molecule has 0 spiro atoms. The average Bonchev–Trinajstić information content (AvgIpc) is 2.45. The Morgan fingerprint density at radius 1 is 1.19 bits per heavy atom. The normalized spacial score (nSPS) is 15.9. The minimum Gasteiger partial charge on any atom is -0.328 e. The van der Waals surface area contributed by atoms with Crippen molar-refractivity contribution in [1.29, 1.82) is 0 Å². The summed E-state index contributed by atoms with van der Waals surface area (Å²) in [7, 11) is 0. The van der Waals surface area contributed by atoms with Gasteiger partial charge >= 0.3 is 6.03 Å². The van der Waals surface area contributed by atoms with E-state index in [-0.39, 0.29) is 11.8 Å². The summed E-state index contributed by atoms with van der Waals surface area (Å²) in [5.74, 6) is 0.112. The first-order valence-corrected chi connectivity index (χ1v) is 6.79. The second-order valence-electron chi connectivity index (χ2n) is 5.11. The van der Waals surface area contributed by atoms with Crippen LogP contribution in [0.1, 0.15) is 24.8 Å². The molecule has 1 aliphatic rings. The quantitative estimate of drug-likeness (QED) is 0.911. The van der Waals surface area contributed by atoms with Gasteiger partial charge in [-0.25, -0.2) is 14.2 Å². The molecular formula is C15H15FN4O. The lowest BCUT2D eigenvalue weighted by Crippen LogP contribution is -2.52. The van der Waals surface area contributed by atoms with E-state index in [0.29, 0.717) is 5.82 Å². The highest BCUT2D eigenvalue weighted by molar-refractivity contribution is 5.88. The molecular weight excluding hydrogens is 271 g/mol. The van der Waals surface area contributed by atoms with Crippen molar-refractivity contribution in [3.63, 3.8) is 0 Å². The van der Waals surface area contributed by atoms with Crippen molar-refractivity contribution in [3.8, 4) is 0 Å². The van der Waals surface area contributed by atoms with Gasteiger partial charge in [0.05, 0.1) is 11.7 Å². The van der Waals surface area contributed by atoms with Crippen molar-refractivity contribution in [1.82, 2.24) is 15.3 Å². The van der Waals surface area contributed by atoms with Gasteiger partial charge in [0.15, 0.2) is 5.82 Å². The first kappa shape index (κ1) is 13.5. The summed E-state index contributed by atoms with van der Waals surface area (Å²) >= 11 is 0. The van der Waals surface area contributed by atoms with E-state index >= 15 is 0 Å². The average molecular weight is 286 g/mol. The highest BCUT2D eigenvalue weighted by atomic mass is 19.1. The topological polar surface area (TPSA) is 66.9 Å². The molecule has 1 aromatic carbocycles. The van der Waals surface area contributed by atoms with Gasteiger partial charge in [-0.15, -0.1) is 0 Å². The van der Waals surface area contributed by atoms with Gasteiger partial charge in [0.25, 0.3) is 0 Å². The molecule has 0 aliphatic heterocycles. The molecule has 5 nitrogen and oxygen atoms in total. The largest absolute Gasteiger partial charge is 0.328 e. The van der Waals surface area contributed by atoms with Crippen LogP contribution in [-0.2, 0) is 5.54 Å². The fourth-order valence-electron chi connectivity index (χ4n) is 2.51. The number of aromatic nitrogens is 2. The minimum absolute atomic E-state index is 0.280. The molecule has 0 atom stereocenters. The lowest BCUT2D eigenvalue weighted by atomic mass is 9.72. The number of rotatable bonds is 3. The summed E-state index contributed by atoms with van der Waals surface area (Å²) in [5, 5.41) is 5.62. The summed E-state index contributed by atoms with van der Waals surface area (Å²) in [6.07, 6.45) is 7.23. The van der Waals surface area contributed by atoms with Gasteiger partial charge in [0.2, 0.25) is 0 Å². The van der Waals surface area contributed by atoms with E-state index in [4.69, 9.17) is 0 Å². The molecule has 1 aromatic heterocycles. The summed E-state index contributed by atoms with van der Waals surface area (Å²) < 4.78 is 13.0. The van der Waals surface area contributed by atoms with Gasteiger partial charge in [-0.2, -0.15) is 0 Å². The van der Waals surface area contributed by atoms with Gasteiger partial charge in [-0.1, -0.05) is 12.1 Å². The summed E-state index contributed by atoms with van der Waals surface area (Å²) in [6.45, 7) is 0. The van der Waals surface area contributed by atoms with Crippen LogP contribution in [0, 0.1) is 5.82 Å². The van der Waals surface area contributed by atoms with Gasteiger partial charge < -0.3 is 5.32 Å². The second-order valence-corrected chi connectivity index (χ2v) is 5.11. The zero-order valence-corrected chi connectivity index (χ0v) is 11.3. The van der Waals surface area contributed by atoms with Gasteiger partial charge in [-0.05, 0) is 37.0 Å². The maximum Gasteiger partial charge on any atom is 0.321 e. The van der Waals surface area contributed by atoms with Crippen LogP contribution in [0.5, 0.6) is 0 Å². The molecule has 1 aliphatic carbocycles. The van der Waals surface area contributed by atoms with Crippen molar-refractivity contribution in [3.05, 3.63) is 54.2 Å². The molecule has 1 saturated carbocycles. The smallest absolute Gasteiger partial charge is 0.321 e. The van der Waals surface area contributed by atoms with Gasteiger partial charge in [-0.3, -0.25) is 10.3 Å². The molecule has 0 saturated heterocycles. The van der Waals surface area contributed by atoms with E-state index in [2.05, 4.69) is 20.6 Å². The van der Waals surface area contributed by atoms with E-state index in [1.807, 2.05) is 0 Å². The SMILES string of the molecule is O=C(Nc1cnccn1)NC1(c2ccc(F)cc2)CCC1. The maximum atomic E-state index is 13.0. The molecule has 2 amide bonds. The Morgan fingerprint density at radius 3 is 2.52 bits per heavy atom. The minimum atomic E-state index is -0.417. The molecule has 2 aromatic rings. The Labute approximate surface area is 121 Å². The lowest BCUT2D eigenvalue weighted by molar-refractivity contribution is 0.185. The Bertz CT molecular complexity index is 626. The molecule has 2 N–H and O–H groups in total. The number of anilines is 1. The van der Waals surface area contributed by atoms with Crippen molar-refractivity contribution in [2.45, 2.75) is 24.8 Å². The van der Waals surface area contributed by atoms with Crippen LogP contribution in [0.2, 0.25) is 0 Å². The maximum absolute atomic E-state index is 13.0. The number of halogens is 1. The number of nitrogens with zero attached hydrogens (tertiary/aromatic N) is 2. The highest BCUT2D eigenvalue weighted by Gasteiger charge is 2.40. The predicted octanol–water partition coefficient (Wildman–Crippen LogP) is 2.82. The Balaban J connectivity index is 1.72. The molecule has 108 valence electrons. The standard InChI is InChI=1S/C15H15FN4O/c16-12-4-2-11(3-5-12)15(6-1-7-15)20-14(21)19-13-10-17-8-9-18-13/h2-5,8-10H,1,6-7H2,(H2,18,19,20,21). The van der Waals surface area contributed by atoms with E-state index in [1.165, 1.54) is 30.7 Å². The first-order chi connectivity index (χ1) is 10.2. The number of amides is 2. The monoisotopic (exact) mass is 286 g/mol. The number of hydrogen-bond donors (Lipinski definition) is 2. The van der Waals surface area contributed by atoms with Crippen LogP contribution < -0.4 is 10.6 Å². The van der Waals surface area contributed by atoms with Crippen LogP contribution in [0.4, 0.5) is 15.0 Å². The molecule has 0 radical (unpaired) electrons. The first-order valence-electron chi connectivity index (χ1n) is 6.79. The lowest BCUT2D eigenvalue weighted by Gasteiger charge is -2.43. The highest BCUT2D eigenvalue weighted by Crippen LogP contribution is 2.41. The second kappa shape index (κ2) is 5.47. The number of benzene rings is 1. The number of hydrogen-bond acceptors (Lipinski definition) is 3. The number of carbonyl (C=O) groups excluding carboxylic acids is 1. The molecule has 0 unspecified atom stereocenters. The van der Waals surface area contributed by atoms with Gasteiger partial charge in [0.1, 0.15) is 5.82 Å². The van der Waals surface area contributed by atoms with Crippen LogP contribution in [0.15, 0.2) is 42.9 Å². The third kappa shape index (κ3) is 2.84. The van der Waals surface area contributed by atoms with Crippen molar-refractivity contribution in [2.24, 2.45) is 0 Å². The number of nitrogens with one attached hydrogen (secondary N) is 2. The van der Waals surface area contributed by atoms with Gasteiger partial charge in [0, 0.05) is 12.4 Å².